The van der Waals surface area contributed by atoms with Crippen molar-refractivity contribution in [2.75, 3.05) is 0 Å². The highest BCUT2D eigenvalue weighted by atomic mass is 15.0. The molecule has 2 rings (SSSR count). The number of hydrogen-bond donors (Lipinski definition) is 1. The second-order valence-corrected chi connectivity index (χ2v) is 4.65. The van der Waals surface area contributed by atoms with Crippen LogP contribution >= 0.6 is 0 Å². The summed E-state index contributed by atoms with van der Waals surface area (Å²) in [6.45, 7) is 2.33. The summed E-state index contributed by atoms with van der Waals surface area (Å²) in [4.78, 5) is 0. The molecule has 0 aromatic rings. The van der Waals surface area contributed by atoms with Crippen LogP contribution in [0, 0.1) is 5.92 Å². The van der Waals surface area contributed by atoms with Crippen molar-refractivity contribution >= 4 is 0 Å². The molecule has 1 heterocycles. The van der Waals surface area contributed by atoms with E-state index in [1.165, 1.54) is 44.9 Å². The lowest BCUT2D eigenvalue weighted by Gasteiger charge is -2.32. The fourth-order valence-electron chi connectivity index (χ4n) is 2.91. The van der Waals surface area contributed by atoms with Gasteiger partial charge in [0.2, 0.25) is 0 Å². The Kier molecular flexibility index (Phi) is 2.69. The summed E-state index contributed by atoms with van der Waals surface area (Å²) in [6.07, 6.45) is 10.2. The van der Waals surface area contributed by atoms with Crippen molar-refractivity contribution in [3.63, 3.8) is 0 Å². The van der Waals surface area contributed by atoms with E-state index in [2.05, 4.69) is 12.2 Å². The fourth-order valence-corrected chi connectivity index (χ4v) is 2.91. The van der Waals surface area contributed by atoms with Gasteiger partial charge >= 0.3 is 0 Å². The smallest absolute Gasteiger partial charge is 0.00978 e. The third-order valence-corrected chi connectivity index (χ3v) is 3.62. The molecule has 2 fully saturated rings. The van der Waals surface area contributed by atoms with Gasteiger partial charge < -0.3 is 5.32 Å². The number of piperidine rings is 1. The highest BCUT2D eigenvalue weighted by Crippen LogP contribution is 2.31. The normalized spacial score (nSPS) is 38.8. The van der Waals surface area contributed by atoms with Crippen molar-refractivity contribution in [1.82, 2.24) is 5.32 Å². The molecule has 0 unspecified atom stereocenters. The summed E-state index contributed by atoms with van der Waals surface area (Å²) in [5.41, 5.74) is 0. The van der Waals surface area contributed by atoms with Crippen LogP contribution in [-0.4, -0.2) is 12.1 Å². The van der Waals surface area contributed by atoms with Gasteiger partial charge in [-0.05, 0) is 38.5 Å². The van der Waals surface area contributed by atoms with E-state index in [9.17, 15) is 0 Å². The van der Waals surface area contributed by atoms with Crippen LogP contribution in [0.25, 0.3) is 0 Å². The van der Waals surface area contributed by atoms with Gasteiger partial charge in [0.1, 0.15) is 0 Å². The zero-order valence-electron chi connectivity index (χ0n) is 8.18. The average molecular weight is 167 g/mol. The van der Waals surface area contributed by atoms with Crippen molar-refractivity contribution in [3.05, 3.63) is 0 Å². The summed E-state index contributed by atoms with van der Waals surface area (Å²) in [7, 11) is 0. The van der Waals surface area contributed by atoms with Gasteiger partial charge in [-0.25, -0.2) is 0 Å². The maximum atomic E-state index is 3.76. The minimum absolute atomic E-state index is 0.782. The SMILES string of the molecule is C[C@H]1CCC[C@H](C2CCCC2)N1. The maximum absolute atomic E-state index is 3.76. The van der Waals surface area contributed by atoms with Crippen LogP contribution < -0.4 is 5.32 Å². The van der Waals surface area contributed by atoms with Crippen LogP contribution in [0.15, 0.2) is 0 Å². The molecule has 70 valence electrons. The Morgan fingerprint density at radius 2 is 1.67 bits per heavy atom. The van der Waals surface area contributed by atoms with Crippen molar-refractivity contribution < 1.29 is 0 Å². The molecule has 0 amide bonds. The first kappa shape index (κ1) is 8.55. The Morgan fingerprint density at radius 1 is 0.917 bits per heavy atom. The lowest BCUT2D eigenvalue weighted by molar-refractivity contribution is 0.258. The molecule has 1 heteroatoms. The Hall–Kier alpha value is -0.0400. The highest BCUT2D eigenvalue weighted by molar-refractivity contribution is 4.85. The molecule has 1 N–H and O–H groups in total. The van der Waals surface area contributed by atoms with Crippen LogP contribution in [0.5, 0.6) is 0 Å². The van der Waals surface area contributed by atoms with Crippen LogP contribution in [0.4, 0.5) is 0 Å². The van der Waals surface area contributed by atoms with Crippen molar-refractivity contribution in [2.45, 2.75) is 64.0 Å². The minimum atomic E-state index is 0.782. The monoisotopic (exact) mass is 167 g/mol. The molecule has 0 spiro atoms. The van der Waals surface area contributed by atoms with E-state index >= 15 is 0 Å². The molecule has 1 saturated carbocycles. The summed E-state index contributed by atoms with van der Waals surface area (Å²) in [6, 6.07) is 1.65. The molecule has 0 bridgehead atoms. The average Bonchev–Trinajstić information content (AvgIpc) is 2.56. The molecule has 1 nitrogen and oxygen atoms in total. The van der Waals surface area contributed by atoms with Gasteiger partial charge in [0.25, 0.3) is 0 Å². The first-order valence-electron chi connectivity index (χ1n) is 5.62. The first-order chi connectivity index (χ1) is 5.86. The molecule has 1 aliphatic heterocycles. The second kappa shape index (κ2) is 3.78. The van der Waals surface area contributed by atoms with E-state index in [0.717, 1.165) is 18.0 Å². The number of nitrogens with one attached hydrogen (secondary N) is 1. The van der Waals surface area contributed by atoms with Crippen LogP contribution in [0.3, 0.4) is 0 Å². The molecular weight excluding hydrogens is 146 g/mol. The summed E-state index contributed by atoms with van der Waals surface area (Å²) in [5.74, 6) is 1.02. The van der Waals surface area contributed by atoms with Gasteiger partial charge in [-0.1, -0.05) is 19.3 Å². The number of rotatable bonds is 1. The standard InChI is InChI=1S/C11H21N/c1-9-5-4-8-11(12-9)10-6-2-3-7-10/h9-12H,2-8H2,1H3/t9-,11+/m0/s1. The zero-order chi connectivity index (χ0) is 8.39. The topological polar surface area (TPSA) is 12.0 Å². The summed E-state index contributed by atoms with van der Waals surface area (Å²) in [5, 5.41) is 3.76. The molecule has 0 aromatic heterocycles. The lowest BCUT2D eigenvalue weighted by Crippen LogP contribution is -2.44. The molecule has 12 heavy (non-hydrogen) atoms. The predicted octanol–water partition coefficient (Wildman–Crippen LogP) is 2.71. The van der Waals surface area contributed by atoms with Gasteiger partial charge in [-0.3, -0.25) is 0 Å². The van der Waals surface area contributed by atoms with Crippen molar-refractivity contribution in [1.29, 1.82) is 0 Å². The Labute approximate surface area is 75.9 Å². The Morgan fingerprint density at radius 3 is 2.33 bits per heavy atom. The molecule has 0 aromatic carbocycles. The van der Waals surface area contributed by atoms with Gasteiger partial charge in [-0.2, -0.15) is 0 Å². The third-order valence-electron chi connectivity index (χ3n) is 3.62. The highest BCUT2D eigenvalue weighted by Gasteiger charge is 2.27. The van der Waals surface area contributed by atoms with Crippen molar-refractivity contribution in [3.8, 4) is 0 Å². The quantitative estimate of drug-likeness (QED) is 0.633. The first-order valence-corrected chi connectivity index (χ1v) is 5.62. The largest absolute Gasteiger partial charge is 0.311 e. The minimum Gasteiger partial charge on any atom is -0.311 e. The van der Waals surface area contributed by atoms with E-state index in [0.29, 0.717) is 0 Å². The Bertz CT molecular complexity index is 138. The Balaban J connectivity index is 1.85. The lowest BCUT2D eigenvalue weighted by atomic mass is 9.89. The molecule has 1 aliphatic carbocycles. The van der Waals surface area contributed by atoms with Gasteiger partial charge in [0.05, 0.1) is 0 Å². The molecule has 0 radical (unpaired) electrons. The van der Waals surface area contributed by atoms with Crippen LogP contribution in [0.1, 0.15) is 51.9 Å². The zero-order valence-corrected chi connectivity index (χ0v) is 8.18. The van der Waals surface area contributed by atoms with E-state index < -0.39 is 0 Å². The third kappa shape index (κ3) is 1.82. The van der Waals surface area contributed by atoms with Crippen molar-refractivity contribution in [2.24, 2.45) is 5.92 Å². The van der Waals surface area contributed by atoms with Gasteiger partial charge in [0.15, 0.2) is 0 Å². The summed E-state index contributed by atoms with van der Waals surface area (Å²) < 4.78 is 0. The van der Waals surface area contributed by atoms with Gasteiger partial charge in [0, 0.05) is 12.1 Å². The van der Waals surface area contributed by atoms with E-state index in [1.807, 2.05) is 0 Å². The van der Waals surface area contributed by atoms with Crippen LogP contribution in [0.2, 0.25) is 0 Å². The van der Waals surface area contributed by atoms with E-state index in [1.54, 1.807) is 0 Å². The maximum Gasteiger partial charge on any atom is 0.00978 e. The van der Waals surface area contributed by atoms with E-state index in [4.69, 9.17) is 0 Å². The number of hydrogen-bond acceptors (Lipinski definition) is 1. The molecule has 2 atom stereocenters. The van der Waals surface area contributed by atoms with E-state index in [-0.39, 0.29) is 0 Å². The van der Waals surface area contributed by atoms with Gasteiger partial charge in [-0.15, -0.1) is 0 Å². The van der Waals surface area contributed by atoms with Crippen LogP contribution in [-0.2, 0) is 0 Å². The molecule has 2 aliphatic rings. The molecular formula is C11H21N. The fraction of sp³-hybridized carbons (Fsp3) is 1.00. The second-order valence-electron chi connectivity index (χ2n) is 4.65. The predicted molar refractivity (Wildman–Crippen MR) is 52.2 cm³/mol. The molecule has 1 saturated heterocycles. The summed E-state index contributed by atoms with van der Waals surface area (Å²) >= 11 is 0.